The van der Waals surface area contributed by atoms with Gasteiger partial charge in [-0.15, -0.1) is 0 Å². The van der Waals surface area contributed by atoms with Gasteiger partial charge in [0, 0.05) is 31.9 Å². The monoisotopic (exact) mass is 455 g/mol. The molecular formula is C23H25N3O5S. The normalized spacial score (nSPS) is 18.8. The lowest BCUT2D eigenvalue weighted by Gasteiger charge is -2.32. The number of ether oxygens (including phenoxy) is 1. The summed E-state index contributed by atoms with van der Waals surface area (Å²) in [6.07, 6.45) is 3.64. The Labute approximate surface area is 187 Å². The van der Waals surface area contributed by atoms with Gasteiger partial charge < -0.3 is 15.0 Å². The molecule has 0 bridgehead atoms. The third kappa shape index (κ3) is 4.59. The van der Waals surface area contributed by atoms with Crippen molar-refractivity contribution in [1.82, 2.24) is 9.21 Å². The number of nitrogens with one attached hydrogen (secondary N) is 1. The maximum absolute atomic E-state index is 12.8. The number of benzene rings is 2. The summed E-state index contributed by atoms with van der Waals surface area (Å²) in [4.78, 5) is 26.6. The van der Waals surface area contributed by atoms with E-state index in [4.69, 9.17) is 4.74 Å². The van der Waals surface area contributed by atoms with E-state index in [0.717, 1.165) is 11.1 Å². The fourth-order valence-corrected chi connectivity index (χ4v) is 5.36. The third-order valence-corrected chi connectivity index (χ3v) is 7.51. The second-order valence-electron chi connectivity index (χ2n) is 7.68. The zero-order valence-corrected chi connectivity index (χ0v) is 18.5. The Hall–Kier alpha value is -3.01. The zero-order chi connectivity index (χ0) is 22.7. The first-order valence-corrected chi connectivity index (χ1v) is 11.8. The number of nitrogens with zero attached hydrogens (tertiary/aromatic N) is 2. The van der Waals surface area contributed by atoms with Crippen molar-refractivity contribution < 1.29 is 22.7 Å². The van der Waals surface area contributed by atoms with Crippen LogP contribution >= 0.6 is 0 Å². The van der Waals surface area contributed by atoms with Gasteiger partial charge in [-0.05, 0) is 41.5 Å². The molecule has 2 aromatic rings. The summed E-state index contributed by atoms with van der Waals surface area (Å²) < 4.78 is 32.1. The number of sulfonamides is 1. The van der Waals surface area contributed by atoms with Crippen molar-refractivity contribution in [3.8, 4) is 0 Å². The van der Waals surface area contributed by atoms with Crippen LogP contribution < -0.4 is 5.32 Å². The van der Waals surface area contributed by atoms with Crippen LogP contribution in [0.3, 0.4) is 0 Å². The molecule has 0 spiro atoms. The van der Waals surface area contributed by atoms with Gasteiger partial charge >= 0.3 is 0 Å². The largest absolute Gasteiger partial charge is 0.379 e. The molecule has 0 aromatic heterocycles. The molecule has 2 aromatic carbocycles. The summed E-state index contributed by atoms with van der Waals surface area (Å²) in [5.41, 5.74) is 2.37. The summed E-state index contributed by atoms with van der Waals surface area (Å²) in [5, 5.41) is 2.81. The van der Waals surface area contributed by atoms with Gasteiger partial charge in [0.25, 0.3) is 0 Å². The molecule has 1 atom stereocenters. The van der Waals surface area contributed by atoms with Crippen molar-refractivity contribution in [2.24, 2.45) is 0 Å². The number of carbonyl (C=O) groups excluding carboxylic acids is 2. The predicted molar refractivity (Wildman–Crippen MR) is 120 cm³/mol. The lowest BCUT2D eigenvalue weighted by atomic mass is 9.93. The molecule has 1 N–H and O–H groups in total. The van der Waals surface area contributed by atoms with E-state index in [-0.39, 0.29) is 23.1 Å². The number of hydrogen-bond acceptors (Lipinski definition) is 5. The van der Waals surface area contributed by atoms with Crippen molar-refractivity contribution in [3.63, 3.8) is 0 Å². The summed E-state index contributed by atoms with van der Waals surface area (Å²) in [6, 6.07) is 13.4. The first-order chi connectivity index (χ1) is 15.4. The van der Waals surface area contributed by atoms with Gasteiger partial charge in [0.15, 0.2) is 0 Å². The highest BCUT2D eigenvalue weighted by Crippen LogP contribution is 2.33. The van der Waals surface area contributed by atoms with Gasteiger partial charge in [-0.2, -0.15) is 4.31 Å². The fraction of sp³-hybridized carbons (Fsp3) is 0.304. The van der Waals surface area contributed by atoms with Crippen molar-refractivity contribution >= 4 is 33.6 Å². The molecule has 2 amide bonds. The summed E-state index contributed by atoms with van der Waals surface area (Å²) in [7, 11) is -3.59. The standard InChI is InChI=1S/C23H25N3O5S/c1-17(27)26-11-10-18-4-2-3-5-21(18)22(26)16-23(28)24-19-6-8-20(9-7-19)32(29,30)25-12-14-31-15-13-25/h2-11,22H,12-16H2,1H3,(H,24,28). The van der Waals surface area contributed by atoms with Crippen LogP contribution in [-0.2, 0) is 24.3 Å². The third-order valence-electron chi connectivity index (χ3n) is 5.59. The quantitative estimate of drug-likeness (QED) is 0.748. The Bertz CT molecular complexity index is 1140. The smallest absolute Gasteiger partial charge is 0.243 e. The van der Waals surface area contributed by atoms with Crippen molar-refractivity contribution in [1.29, 1.82) is 0 Å². The average molecular weight is 456 g/mol. The van der Waals surface area contributed by atoms with Crippen molar-refractivity contribution in [3.05, 3.63) is 65.9 Å². The van der Waals surface area contributed by atoms with Gasteiger partial charge in [0.2, 0.25) is 21.8 Å². The molecular weight excluding hydrogens is 430 g/mol. The molecule has 0 aliphatic carbocycles. The summed E-state index contributed by atoms with van der Waals surface area (Å²) in [5.74, 6) is -0.415. The molecule has 2 aliphatic rings. The van der Waals surface area contributed by atoms with Crippen LogP contribution in [0.1, 0.15) is 30.5 Å². The van der Waals surface area contributed by atoms with Gasteiger partial charge in [0.1, 0.15) is 0 Å². The molecule has 32 heavy (non-hydrogen) atoms. The topological polar surface area (TPSA) is 96.0 Å². The zero-order valence-electron chi connectivity index (χ0n) is 17.7. The maximum atomic E-state index is 12.8. The van der Waals surface area contributed by atoms with Gasteiger partial charge in [-0.1, -0.05) is 24.3 Å². The number of morpholine rings is 1. The lowest BCUT2D eigenvalue weighted by Crippen LogP contribution is -2.40. The first-order valence-electron chi connectivity index (χ1n) is 10.4. The van der Waals surface area contributed by atoms with Crippen molar-refractivity contribution in [2.45, 2.75) is 24.3 Å². The van der Waals surface area contributed by atoms with Crippen LogP contribution in [0.4, 0.5) is 5.69 Å². The fourth-order valence-electron chi connectivity index (χ4n) is 3.95. The average Bonchev–Trinajstić information content (AvgIpc) is 2.80. The molecule has 2 heterocycles. The van der Waals surface area contributed by atoms with Crippen LogP contribution in [0.25, 0.3) is 6.08 Å². The first kappa shape index (κ1) is 22.2. The number of amides is 2. The minimum atomic E-state index is -3.59. The minimum absolute atomic E-state index is 0.0781. The van der Waals surface area contributed by atoms with E-state index in [2.05, 4.69) is 5.32 Å². The second-order valence-corrected chi connectivity index (χ2v) is 9.62. The second kappa shape index (κ2) is 9.23. The van der Waals surface area contributed by atoms with E-state index in [1.807, 2.05) is 30.3 Å². The predicted octanol–water partition coefficient (Wildman–Crippen LogP) is 2.61. The van der Waals surface area contributed by atoms with E-state index < -0.39 is 16.1 Å². The highest BCUT2D eigenvalue weighted by atomic mass is 32.2. The number of hydrogen-bond donors (Lipinski definition) is 1. The highest BCUT2D eigenvalue weighted by molar-refractivity contribution is 7.89. The molecule has 1 saturated heterocycles. The van der Waals surface area contributed by atoms with Gasteiger partial charge in [-0.3, -0.25) is 9.59 Å². The number of rotatable bonds is 5. The summed E-state index contributed by atoms with van der Waals surface area (Å²) >= 11 is 0. The molecule has 2 aliphatic heterocycles. The lowest BCUT2D eigenvalue weighted by molar-refractivity contribution is -0.129. The molecule has 1 fully saturated rings. The van der Waals surface area contributed by atoms with Crippen molar-refractivity contribution in [2.75, 3.05) is 31.6 Å². The van der Waals surface area contributed by atoms with E-state index in [9.17, 15) is 18.0 Å². The molecule has 1 unspecified atom stereocenters. The van der Waals surface area contributed by atoms with Gasteiger partial charge in [0.05, 0.1) is 30.6 Å². The van der Waals surface area contributed by atoms with Crippen LogP contribution in [-0.4, -0.2) is 55.7 Å². The van der Waals surface area contributed by atoms with Gasteiger partial charge in [-0.25, -0.2) is 8.42 Å². The highest BCUT2D eigenvalue weighted by Gasteiger charge is 2.29. The Morgan fingerprint density at radius 3 is 2.44 bits per heavy atom. The van der Waals surface area contributed by atoms with Crippen LogP contribution in [0, 0.1) is 0 Å². The SMILES string of the molecule is CC(=O)N1C=Cc2ccccc2C1CC(=O)Nc1ccc(S(=O)(=O)N2CCOCC2)cc1. The van der Waals surface area contributed by atoms with E-state index in [1.54, 1.807) is 23.2 Å². The molecule has 0 saturated carbocycles. The van der Waals surface area contributed by atoms with E-state index in [0.29, 0.717) is 32.0 Å². The Morgan fingerprint density at radius 2 is 1.75 bits per heavy atom. The van der Waals surface area contributed by atoms with E-state index in [1.165, 1.54) is 23.4 Å². The van der Waals surface area contributed by atoms with Crippen LogP contribution in [0.15, 0.2) is 59.6 Å². The number of anilines is 1. The Balaban J connectivity index is 1.46. The number of fused-ring (bicyclic) bond motifs is 1. The summed E-state index contributed by atoms with van der Waals surface area (Å²) in [6.45, 7) is 2.88. The number of carbonyl (C=O) groups is 2. The molecule has 8 nitrogen and oxygen atoms in total. The minimum Gasteiger partial charge on any atom is -0.379 e. The Morgan fingerprint density at radius 1 is 1.06 bits per heavy atom. The molecule has 168 valence electrons. The Kier molecular flexibility index (Phi) is 6.40. The van der Waals surface area contributed by atoms with Crippen LogP contribution in [0.2, 0.25) is 0 Å². The van der Waals surface area contributed by atoms with Crippen LogP contribution in [0.5, 0.6) is 0 Å². The van der Waals surface area contributed by atoms with E-state index >= 15 is 0 Å². The molecule has 9 heteroatoms. The maximum Gasteiger partial charge on any atom is 0.243 e. The molecule has 4 rings (SSSR count). The molecule has 0 radical (unpaired) electrons.